The molecule has 1 amide bonds. The second-order valence-corrected chi connectivity index (χ2v) is 6.79. The van der Waals surface area contributed by atoms with E-state index in [4.69, 9.17) is 21.5 Å². The predicted molar refractivity (Wildman–Crippen MR) is 100 cm³/mol. The summed E-state index contributed by atoms with van der Waals surface area (Å²) in [5.74, 6) is 0.281. The minimum Gasteiger partial charge on any atom is -0.494 e. The lowest BCUT2D eigenvalue weighted by atomic mass is 10.2. The van der Waals surface area contributed by atoms with Gasteiger partial charge < -0.3 is 4.74 Å². The highest BCUT2D eigenvalue weighted by Crippen LogP contribution is 2.34. The summed E-state index contributed by atoms with van der Waals surface area (Å²) in [5.41, 5.74) is 3.40. The fourth-order valence-corrected chi connectivity index (χ4v) is 3.43. The van der Waals surface area contributed by atoms with Crippen molar-refractivity contribution in [1.29, 1.82) is 0 Å². The van der Waals surface area contributed by atoms with E-state index in [0.717, 1.165) is 21.1 Å². The first-order valence-electron chi connectivity index (χ1n) is 7.92. The van der Waals surface area contributed by atoms with E-state index in [0.29, 0.717) is 23.8 Å². The Kier molecular flexibility index (Phi) is 6.17. The van der Waals surface area contributed by atoms with Gasteiger partial charge in [-0.1, -0.05) is 41.1 Å². The number of ether oxygens (including phenoxy) is 1. The molecule has 0 atom stereocenters. The molecule has 1 heterocycles. The lowest BCUT2D eigenvalue weighted by molar-refractivity contribution is -0.129. The van der Waals surface area contributed by atoms with Crippen molar-refractivity contribution in [2.45, 2.75) is 12.8 Å². The van der Waals surface area contributed by atoms with Crippen LogP contribution in [-0.2, 0) is 4.79 Å². The normalized spacial score (nSPS) is 10.5. The van der Waals surface area contributed by atoms with Crippen LogP contribution in [0.4, 0.5) is 0 Å². The van der Waals surface area contributed by atoms with E-state index in [1.165, 1.54) is 11.3 Å². The van der Waals surface area contributed by atoms with E-state index >= 15 is 0 Å². The van der Waals surface area contributed by atoms with Crippen molar-refractivity contribution in [2.75, 3.05) is 6.61 Å². The molecule has 0 saturated carbocycles. The molecule has 6 nitrogen and oxygen atoms in total. The molecule has 2 aromatic carbocycles. The van der Waals surface area contributed by atoms with E-state index in [1.807, 2.05) is 48.5 Å². The number of benzene rings is 2. The summed E-state index contributed by atoms with van der Waals surface area (Å²) in [7, 11) is 0. The Morgan fingerprint density at radius 2 is 1.85 bits per heavy atom. The predicted octanol–water partition coefficient (Wildman–Crippen LogP) is 4.19. The summed E-state index contributed by atoms with van der Waals surface area (Å²) in [6.07, 6.45) is 0.732. The highest BCUT2D eigenvalue weighted by atomic mass is 35.5. The number of rotatable bonds is 7. The van der Waals surface area contributed by atoms with Gasteiger partial charge in [0.2, 0.25) is 5.91 Å². The molecule has 2 N–H and O–H groups in total. The lowest BCUT2D eigenvalue weighted by Crippen LogP contribution is -2.18. The molecular formula is C18H16ClN3O3S. The quantitative estimate of drug-likeness (QED) is 0.359. The molecule has 0 aliphatic rings. The Hall–Kier alpha value is -2.48. The molecule has 8 heteroatoms. The topological polar surface area (TPSA) is 84.3 Å². The monoisotopic (exact) mass is 389 g/mol. The second-order valence-electron chi connectivity index (χ2n) is 5.40. The van der Waals surface area contributed by atoms with Crippen molar-refractivity contribution in [3.8, 4) is 26.9 Å². The standard InChI is InChI=1S/C18H16ClN3O3S/c19-15-5-2-1-4-14(15)18-21-20-17(26-18)12-7-9-13(10-8-12)25-11-3-6-16(23)22-24/h1-2,4-5,7-10,24H,3,6,11H2,(H,22,23). The number of hydrogen-bond acceptors (Lipinski definition) is 6. The average Bonchev–Trinajstić information content (AvgIpc) is 3.16. The summed E-state index contributed by atoms with van der Waals surface area (Å²) >= 11 is 7.68. The van der Waals surface area contributed by atoms with Gasteiger partial charge in [-0.25, -0.2) is 5.48 Å². The van der Waals surface area contributed by atoms with Crippen molar-refractivity contribution in [2.24, 2.45) is 0 Å². The van der Waals surface area contributed by atoms with E-state index in [1.54, 1.807) is 5.48 Å². The SMILES string of the molecule is O=C(CCCOc1ccc(-c2nnc(-c3ccccc3Cl)s2)cc1)NO. The number of nitrogens with one attached hydrogen (secondary N) is 1. The molecule has 0 unspecified atom stereocenters. The first-order valence-corrected chi connectivity index (χ1v) is 9.11. The van der Waals surface area contributed by atoms with Gasteiger partial charge in [0, 0.05) is 17.5 Å². The van der Waals surface area contributed by atoms with Crippen LogP contribution >= 0.6 is 22.9 Å². The van der Waals surface area contributed by atoms with Crippen LogP contribution in [0.1, 0.15) is 12.8 Å². The molecule has 26 heavy (non-hydrogen) atoms. The Morgan fingerprint density at radius 1 is 1.12 bits per heavy atom. The molecule has 0 aliphatic heterocycles. The third-order valence-corrected chi connectivity index (χ3v) is 4.91. The summed E-state index contributed by atoms with van der Waals surface area (Å²) in [6.45, 7) is 0.391. The first kappa shape index (κ1) is 18.3. The van der Waals surface area contributed by atoms with Gasteiger partial charge in [-0.15, -0.1) is 10.2 Å². The molecule has 3 rings (SSSR count). The van der Waals surface area contributed by atoms with E-state index in [-0.39, 0.29) is 6.42 Å². The van der Waals surface area contributed by atoms with Crippen LogP contribution in [0.25, 0.3) is 21.1 Å². The van der Waals surface area contributed by atoms with Gasteiger partial charge in [0.05, 0.1) is 11.6 Å². The number of aromatic nitrogens is 2. The van der Waals surface area contributed by atoms with Crippen LogP contribution in [-0.4, -0.2) is 27.9 Å². The number of carbonyl (C=O) groups is 1. The molecular weight excluding hydrogens is 374 g/mol. The Bertz CT molecular complexity index is 883. The molecule has 0 aliphatic carbocycles. The maximum Gasteiger partial charge on any atom is 0.243 e. The van der Waals surface area contributed by atoms with Gasteiger partial charge in [-0.2, -0.15) is 0 Å². The smallest absolute Gasteiger partial charge is 0.243 e. The van der Waals surface area contributed by atoms with E-state index in [9.17, 15) is 4.79 Å². The Balaban J connectivity index is 1.62. The molecule has 0 saturated heterocycles. The molecule has 0 bridgehead atoms. The van der Waals surface area contributed by atoms with E-state index in [2.05, 4.69) is 10.2 Å². The molecule has 3 aromatic rings. The number of hydrogen-bond donors (Lipinski definition) is 2. The number of nitrogens with zero attached hydrogens (tertiary/aromatic N) is 2. The fraction of sp³-hybridized carbons (Fsp3) is 0.167. The van der Waals surface area contributed by atoms with Crippen molar-refractivity contribution >= 4 is 28.8 Å². The molecule has 0 fully saturated rings. The van der Waals surface area contributed by atoms with Gasteiger partial charge in [0.1, 0.15) is 15.8 Å². The number of amides is 1. The average molecular weight is 390 g/mol. The Labute approximate surface area is 159 Å². The fourth-order valence-electron chi connectivity index (χ4n) is 2.26. The zero-order valence-corrected chi connectivity index (χ0v) is 15.3. The Morgan fingerprint density at radius 3 is 2.58 bits per heavy atom. The van der Waals surface area contributed by atoms with Gasteiger partial charge in [0.25, 0.3) is 0 Å². The zero-order chi connectivity index (χ0) is 18.4. The molecule has 134 valence electrons. The molecule has 0 radical (unpaired) electrons. The van der Waals surface area contributed by atoms with Gasteiger partial charge in [-0.3, -0.25) is 10.0 Å². The maximum atomic E-state index is 10.9. The number of hydroxylamine groups is 1. The maximum absolute atomic E-state index is 10.9. The highest BCUT2D eigenvalue weighted by Gasteiger charge is 2.11. The molecule has 1 aromatic heterocycles. The van der Waals surface area contributed by atoms with Crippen molar-refractivity contribution in [3.63, 3.8) is 0 Å². The van der Waals surface area contributed by atoms with Crippen LogP contribution in [0.15, 0.2) is 48.5 Å². The van der Waals surface area contributed by atoms with E-state index < -0.39 is 5.91 Å². The van der Waals surface area contributed by atoms with Gasteiger partial charge in [-0.05, 0) is 36.8 Å². The number of halogens is 1. The largest absolute Gasteiger partial charge is 0.494 e. The van der Waals surface area contributed by atoms with Crippen molar-refractivity contribution in [3.05, 3.63) is 53.6 Å². The third-order valence-electron chi connectivity index (χ3n) is 3.57. The summed E-state index contributed by atoms with van der Waals surface area (Å²) in [5, 5.41) is 19.1. The summed E-state index contributed by atoms with van der Waals surface area (Å²) in [6, 6.07) is 15.0. The summed E-state index contributed by atoms with van der Waals surface area (Å²) < 4.78 is 5.57. The van der Waals surface area contributed by atoms with Crippen LogP contribution in [0.2, 0.25) is 5.02 Å². The zero-order valence-electron chi connectivity index (χ0n) is 13.7. The van der Waals surface area contributed by atoms with Crippen LogP contribution in [0.3, 0.4) is 0 Å². The third kappa shape index (κ3) is 4.57. The van der Waals surface area contributed by atoms with Crippen molar-refractivity contribution < 1.29 is 14.7 Å². The van der Waals surface area contributed by atoms with Crippen molar-refractivity contribution in [1.82, 2.24) is 15.7 Å². The van der Waals surface area contributed by atoms with Crippen LogP contribution in [0, 0.1) is 0 Å². The van der Waals surface area contributed by atoms with Gasteiger partial charge >= 0.3 is 0 Å². The second kappa shape index (κ2) is 8.75. The van der Waals surface area contributed by atoms with Crippen LogP contribution < -0.4 is 10.2 Å². The summed E-state index contributed by atoms with van der Waals surface area (Å²) in [4.78, 5) is 10.9. The highest BCUT2D eigenvalue weighted by molar-refractivity contribution is 7.18. The minimum absolute atomic E-state index is 0.212. The minimum atomic E-state index is -0.422. The van der Waals surface area contributed by atoms with Crippen LogP contribution in [0.5, 0.6) is 5.75 Å². The first-order chi connectivity index (χ1) is 12.7. The molecule has 0 spiro atoms. The number of carbonyl (C=O) groups excluding carboxylic acids is 1. The lowest BCUT2D eigenvalue weighted by Gasteiger charge is -2.06. The van der Waals surface area contributed by atoms with Gasteiger partial charge in [0.15, 0.2) is 0 Å².